The molecule has 1 fully saturated rings. The number of piperidine rings is 1. The minimum atomic E-state index is -0.361. The summed E-state index contributed by atoms with van der Waals surface area (Å²) < 4.78 is 5.13. The molecule has 1 aromatic rings. The molecule has 0 saturated carbocycles. The largest absolute Gasteiger partial charge is 0.481 e. The fourth-order valence-corrected chi connectivity index (χ4v) is 2.32. The molecule has 0 bridgehead atoms. The number of hydrogen-bond donors (Lipinski definition) is 1. The van der Waals surface area contributed by atoms with Crippen molar-refractivity contribution in [3.8, 4) is 5.88 Å². The summed E-state index contributed by atoms with van der Waals surface area (Å²) >= 11 is 0. The molecule has 0 spiro atoms. The van der Waals surface area contributed by atoms with Gasteiger partial charge in [-0.2, -0.15) is 0 Å². The number of carbonyl (C=O) groups is 1. The smallest absolute Gasteiger partial charge is 0.225 e. The Bertz CT molecular complexity index is 499. The molecule has 0 aromatic carbocycles. The lowest BCUT2D eigenvalue weighted by Crippen LogP contribution is -2.50. The zero-order chi connectivity index (χ0) is 15.5. The molecule has 1 saturated heterocycles. The van der Waals surface area contributed by atoms with Crippen LogP contribution in [0.2, 0.25) is 0 Å². The van der Waals surface area contributed by atoms with E-state index >= 15 is 0 Å². The van der Waals surface area contributed by atoms with Crippen molar-refractivity contribution in [2.45, 2.75) is 39.7 Å². The summed E-state index contributed by atoms with van der Waals surface area (Å²) in [6.45, 7) is 7.48. The predicted molar refractivity (Wildman–Crippen MR) is 81.4 cm³/mol. The lowest BCUT2D eigenvalue weighted by atomic mass is 9.94. The highest BCUT2D eigenvalue weighted by Crippen LogP contribution is 2.21. The molecule has 1 N–H and O–H groups in total. The van der Waals surface area contributed by atoms with Gasteiger partial charge in [-0.3, -0.25) is 4.79 Å². The molecule has 1 atom stereocenters. The number of nitrogens with zero attached hydrogens (tertiary/aromatic N) is 3. The highest BCUT2D eigenvalue weighted by atomic mass is 16.5. The zero-order valence-electron chi connectivity index (χ0n) is 13.2. The first-order chi connectivity index (χ1) is 9.90. The number of ether oxygens (including phenoxy) is 1. The number of methoxy groups -OCH3 is 1. The quantitative estimate of drug-likeness (QED) is 0.917. The Morgan fingerprint density at radius 2 is 2.19 bits per heavy atom. The first-order valence-corrected chi connectivity index (χ1v) is 7.32. The van der Waals surface area contributed by atoms with Gasteiger partial charge in [-0.05, 0) is 12.8 Å². The van der Waals surface area contributed by atoms with Gasteiger partial charge < -0.3 is 15.0 Å². The van der Waals surface area contributed by atoms with Crippen molar-refractivity contribution >= 4 is 11.7 Å². The third-order valence-corrected chi connectivity index (χ3v) is 3.60. The van der Waals surface area contributed by atoms with Crippen molar-refractivity contribution in [1.82, 2.24) is 15.3 Å². The van der Waals surface area contributed by atoms with E-state index < -0.39 is 0 Å². The summed E-state index contributed by atoms with van der Waals surface area (Å²) in [5.41, 5.74) is -0.361. The van der Waals surface area contributed by atoms with Gasteiger partial charge in [-0.1, -0.05) is 20.8 Å². The molecular formula is C15H24N4O2. The van der Waals surface area contributed by atoms with Crippen LogP contribution in [0.15, 0.2) is 12.4 Å². The number of rotatable bonds is 3. The van der Waals surface area contributed by atoms with Gasteiger partial charge in [0.1, 0.15) is 12.1 Å². The van der Waals surface area contributed by atoms with E-state index in [0.717, 1.165) is 31.7 Å². The average Bonchev–Trinajstić information content (AvgIpc) is 2.46. The fraction of sp³-hybridized carbons (Fsp3) is 0.667. The highest BCUT2D eigenvalue weighted by molar-refractivity contribution is 5.81. The van der Waals surface area contributed by atoms with Crippen LogP contribution in [0.4, 0.5) is 5.82 Å². The maximum Gasteiger partial charge on any atom is 0.225 e. The monoisotopic (exact) mass is 292 g/mol. The van der Waals surface area contributed by atoms with Crippen LogP contribution in [0.3, 0.4) is 0 Å². The molecule has 6 heteroatoms. The lowest BCUT2D eigenvalue weighted by Gasteiger charge is -2.35. The van der Waals surface area contributed by atoms with Crippen LogP contribution in [0, 0.1) is 5.41 Å². The van der Waals surface area contributed by atoms with Gasteiger partial charge in [-0.15, -0.1) is 0 Å². The summed E-state index contributed by atoms with van der Waals surface area (Å²) in [6.07, 6.45) is 3.54. The van der Waals surface area contributed by atoms with Crippen molar-refractivity contribution in [2.24, 2.45) is 5.41 Å². The Labute approximate surface area is 125 Å². The topological polar surface area (TPSA) is 67.3 Å². The van der Waals surface area contributed by atoms with E-state index in [1.54, 1.807) is 7.11 Å². The predicted octanol–water partition coefficient (Wildman–Crippen LogP) is 1.62. The second-order valence-corrected chi connectivity index (χ2v) is 6.43. The van der Waals surface area contributed by atoms with Crippen molar-refractivity contribution < 1.29 is 9.53 Å². The Morgan fingerprint density at radius 1 is 1.43 bits per heavy atom. The first-order valence-electron chi connectivity index (χ1n) is 7.32. The van der Waals surface area contributed by atoms with Crippen molar-refractivity contribution in [3.63, 3.8) is 0 Å². The molecule has 21 heavy (non-hydrogen) atoms. The third-order valence-electron chi connectivity index (χ3n) is 3.60. The molecule has 1 aliphatic rings. The molecule has 1 aliphatic heterocycles. The second kappa shape index (κ2) is 6.28. The zero-order valence-corrected chi connectivity index (χ0v) is 13.2. The van der Waals surface area contributed by atoms with Crippen LogP contribution in [-0.4, -0.2) is 42.1 Å². The summed E-state index contributed by atoms with van der Waals surface area (Å²) in [7, 11) is 1.59. The minimum absolute atomic E-state index is 0.0922. The summed E-state index contributed by atoms with van der Waals surface area (Å²) in [6, 6.07) is 1.99. The number of anilines is 1. The number of nitrogens with one attached hydrogen (secondary N) is 1. The Hall–Kier alpha value is -1.85. The van der Waals surface area contributed by atoms with E-state index in [9.17, 15) is 4.79 Å². The molecule has 1 amide bonds. The molecule has 1 aromatic heterocycles. The van der Waals surface area contributed by atoms with Gasteiger partial charge in [0.2, 0.25) is 11.8 Å². The Balaban J connectivity index is 2.02. The van der Waals surface area contributed by atoms with Gasteiger partial charge in [0.25, 0.3) is 0 Å². The Morgan fingerprint density at radius 3 is 2.86 bits per heavy atom. The van der Waals surface area contributed by atoms with Gasteiger partial charge in [0, 0.05) is 30.6 Å². The minimum Gasteiger partial charge on any atom is -0.481 e. The van der Waals surface area contributed by atoms with Crippen LogP contribution >= 0.6 is 0 Å². The molecule has 2 heterocycles. The van der Waals surface area contributed by atoms with Gasteiger partial charge in [0.05, 0.1) is 7.11 Å². The molecular weight excluding hydrogens is 268 g/mol. The number of amides is 1. The van der Waals surface area contributed by atoms with Crippen molar-refractivity contribution in [1.29, 1.82) is 0 Å². The first kappa shape index (κ1) is 15.5. The second-order valence-electron chi connectivity index (χ2n) is 6.43. The van der Waals surface area contributed by atoms with Crippen LogP contribution in [-0.2, 0) is 4.79 Å². The van der Waals surface area contributed by atoms with E-state index in [1.165, 1.54) is 6.33 Å². The van der Waals surface area contributed by atoms with Gasteiger partial charge >= 0.3 is 0 Å². The number of aromatic nitrogens is 2. The molecule has 0 radical (unpaired) electrons. The summed E-state index contributed by atoms with van der Waals surface area (Å²) in [4.78, 5) is 22.6. The fourth-order valence-electron chi connectivity index (χ4n) is 2.32. The highest BCUT2D eigenvalue weighted by Gasteiger charge is 2.27. The van der Waals surface area contributed by atoms with E-state index in [-0.39, 0.29) is 17.4 Å². The average molecular weight is 292 g/mol. The van der Waals surface area contributed by atoms with Crippen LogP contribution < -0.4 is 15.0 Å². The molecule has 116 valence electrons. The molecule has 0 aliphatic carbocycles. The normalized spacial score (nSPS) is 19.2. The Kier molecular flexibility index (Phi) is 4.65. The lowest BCUT2D eigenvalue weighted by molar-refractivity contribution is -0.129. The van der Waals surface area contributed by atoms with E-state index in [2.05, 4.69) is 20.2 Å². The summed E-state index contributed by atoms with van der Waals surface area (Å²) in [5.74, 6) is 1.49. The number of carbonyl (C=O) groups excluding carboxylic acids is 1. The standard InChI is InChI=1S/C15H24N4O2/c1-15(2,3)14(20)18-11-6-5-7-19(9-11)12-8-13(21-4)17-10-16-12/h8,10-11H,5-7,9H2,1-4H3,(H,18,20). The van der Waals surface area contributed by atoms with Crippen LogP contribution in [0.1, 0.15) is 33.6 Å². The number of hydrogen-bond acceptors (Lipinski definition) is 5. The molecule has 6 nitrogen and oxygen atoms in total. The SMILES string of the molecule is COc1cc(N2CCCC(NC(=O)C(C)(C)C)C2)ncn1. The van der Waals surface area contributed by atoms with Crippen molar-refractivity contribution in [3.05, 3.63) is 12.4 Å². The van der Waals surface area contributed by atoms with Gasteiger partial charge in [0.15, 0.2) is 0 Å². The van der Waals surface area contributed by atoms with E-state index in [4.69, 9.17) is 4.74 Å². The molecule has 1 unspecified atom stereocenters. The maximum absolute atomic E-state index is 12.1. The molecule has 2 rings (SSSR count). The van der Waals surface area contributed by atoms with Crippen LogP contribution in [0.5, 0.6) is 5.88 Å². The van der Waals surface area contributed by atoms with Gasteiger partial charge in [-0.25, -0.2) is 9.97 Å². The van der Waals surface area contributed by atoms with E-state index in [0.29, 0.717) is 5.88 Å². The third kappa shape index (κ3) is 4.06. The van der Waals surface area contributed by atoms with Crippen molar-refractivity contribution in [2.75, 3.05) is 25.1 Å². The summed E-state index contributed by atoms with van der Waals surface area (Å²) in [5, 5.41) is 3.13. The van der Waals surface area contributed by atoms with Crippen LogP contribution in [0.25, 0.3) is 0 Å². The maximum atomic E-state index is 12.1. The van der Waals surface area contributed by atoms with E-state index in [1.807, 2.05) is 26.8 Å².